The third kappa shape index (κ3) is 9.71. The Hall–Kier alpha value is -1.97. The molecule has 4 N–H and O–H groups in total. The Balaban J connectivity index is 0.000000342. The highest BCUT2D eigenvalue weighted by molar-refractivity contribution is 6.58. The second kappa shape index (κ2) is 10.0. The summed E-state index contributed by atoms with van der Waals surface area (Å²) < 4.78 is 4.24. The van der Waals surface area contributed by atoms with Crippen LogP contribution in [0.3, 0.4) is 0 Å². The van der Waals surface area contributed by atoms with Crippen molar-refractivity contribution in [2.45, 2.75) is 0 Å². The first-order valence-electron chi connectivity index (χ1n) is 5.22. The molecule has 0 unspecified atom stereocenters. The monoisotopic (exact) mass is 270 g/mol. The molecule has 0 aliphatic carbocycles. The van der Waals surface area contributed by atoms with E-state index < -0.39 is 19.1 Å². The molecule has 0 radical (unpaired) electrons. The number of carbonyl (C=O) groups excluding carboxylic acids is 1. The third-order valence-electron chi connectivity index (χ3n) is 1.78. The van der Waals surface area contributed by atoms with Crippen LogP contribution in [0.15, 0.2) is 24.5 Å². The number of carboxylic acid groups (broad SMARTS) is 1. The summed E-state index contributed by atoms with van der Waals surface area (Å²) in [7, 11) is -0.141. The Morgan fingerprint density at radius 3 is 2.26 bits per heavy atom. The van der Waals surface area contributed by atoms with Crippen LogP contribution in [0.5, 0.6) is 0 Å². The largest absolute Gasteiger partial charge is 0.488 e. The Morgan fingerprint density at radius 1 is 1.32 bits per heavy atom. The fourth-order valence-electron chi connectivity index (χ4n) is 0.879. The maximum atomic E-state index is 10.3. The van der Waals surface area contributed by atoms with Crippen LogP contribution in [-0.4, -0.2) is 59.4 Å². The lowest BCUT2D eigenvalue weighted by atomic mass is 9.81. The van der Waals surface area contributed by atoms with E-state index in [1.54, 1.807) is 12.1 Å². The molecule has 104 valence electrons. The standard InChI is InChI=1S/C5H6BNO2.C5H9NO4/c8-6(9)5-1-3-7-4-2-5;1-10-5(9)3-6-2-4(7)8/h1-4,8-9H;6H,2-3H2,1H3,(H,7,8). The number of esters is 1. The van der Waals surface area contributed by atoms with E-state index in [2.05, 4.69) is 15.0 Å². The quantitative estimate of drug-likeness (QED) is 0.344. The molecular formula is C10H15BN2O6. The number of nitrogens with one attached hydrogen (secondary N) is 1. The molecule has 19 heavy (non-hydrogen) atoms. The van der Waals surface area contributed by atoms with Crippen LogP contribution in [0.4, 0.5) is 0 Å². The first kappa shape index (κ1) is 17.0. The van der Waals surface area contributed by atoms with Crippen molar-refractivity contribution in [3.05, 3.63) is 24.5 Å². The molecule has 0 atom stereocenters. The van der Waals surface area contributed by atoms with Crippen molar-refractivity contribution < 1.29 is 29.5 Å². The molecule has 0 amide bonds. The van der Waals surface area contributed by atoms with Gasteiger partial charge >= 0.3 is 19.1 Å². The van der Waals surface area contributed by atoms with Gasteiger partial charge in [-0.25, -0.2) is 0 Å². The summed E-state index contributed by atoms with van der Waals surface area (Å²) in [5.74, 6) is -1.47. The maximum absolute atomic E-state index is 10.3. The average Bonchev–Trinajstić information content (AvgIpc) is 2.39. The second-order valence-corrected chi connectivity index (χ2v) is 3.23. The number of carboxylic acids is 1. The molecule has 0 saturated carbocycles. The minimum Gasteiger partial charge on any atom is -0.480 e. The van der Waals surface area contributed by atoms with Crippen LogP contribution in [-0.2, 0) is 14.3 Å². The fraction of sp³-hybridized carbons (Fsp3) is 0.300. The smallest absolute Gasteiger partial charge is 0.480 e. The van der Waals surface area contributed by atoms with Crippen molar-refractivity contribution in [1.29, 1.82) is 0 Å². The number of aliphatic carboxylic acids is 1. The molecule has 0 aliphatic rings. The highest BCUT2D eigenvalue weighted by Gasteiger charge is 2.07. The topological polar surface area (TPSA) is 129 Å². The Bertz CT molecular complexity index is 387. The highest BCUT2D eigenvalue weighted by Crippen LogP contribution is 1.77. The summed E-state index contributed by atoms with van der Waals surface area (Å²) in [4.78, 5) is 23.9. The first-order chi connectivity index (χ1) is 8.97. The van der Waals surface area contributed by atoms with E-state index in [1.165, 1.54) is 19.5 Å². The first-order valence-corrected chi connectivity index (χ1v) is 5.22. The lowest BCUT2D eigenvalue weighted by Crippen LogP contribution is -2.29. The molecule has 1 rings (SSSR count). The van der Waals surface area contributed by atoms with Crippen molar-refractivity contribution in [2.75, 3.05) is 20.2 Å². The molecule has 1 heterocycles. The molecule has 0 spiro atoms. The van der Waals surface area contributed by atoms with Gasteiger partial charge < -0.3 is 19.9 Å². The van der Waals surface area contributed by atoms with Gasteiger partial charge in [-0.1, -0.05) is 0 Å². The number of nitrogens with zero attached hydrogens (tertiary/aromatic N) is 1. The molecule has 0 aromatic carbocycles. The van der Waals surface area contributed by atoms with Gasteiger partial charge in [-0.3, -0.25) is 19.9 Å². The van der Waals surface area contributed by atoms with E-state index in [4.69, 9.17) is 15.2 Å². The number of ether oxygens (including phenoxy) is 1. The van der Waals surface area contributed by atoms with Crippen molar-refractivity contribution in [3.8, 4) is 0 Å². The zero-order valence-electron chi connectivity index (χ0n) is 10.3. The average molecular weight is 270 g/mol. The summed E-state index contributed by atoms with van der Waals surface area (Å²) in [5.41, 5.74) is 0.463. The molecule has 9 heteroatoms. The molecule has 0 aliphatic heterocycles. The third-order valence-corrected chi connectivity index (χ3v) is 1.78. The van der Waals surface area contributed by atoms with Crippen molar-refractivity contribution in [3.63, 3.8) is 0 Å². The molecule has 0 saturated heterocycles. The zero-order chi connectivity index (χ0) is 14.7. The SMILES string of the molecule is COC(=O)CNCC(=O)O.OB(O)c1ccncc1. The van der Waals surface area contributed by atoms with Gasteiger partial charge in [0, 0.05) is 12.4 Å². The number of hydrogen-bond donors (Lipinski definition) is 4. The van der Waals surface area contributed by atoms with E-state index in [0.717, 1.165) is 0 Å². The molecular weight excluding hydrogens is 255 g/mol. The van der Waals surface area contributed by atoms with Crippen LogP contribution in [0, 0.1) is 0 Å². The summed E-state index contributed by atoms with van der Waals surface area (Å²) in [6, 6.07) is 3.09. The zero-order valence-corrected chi connectivity index (χ0v) is 10.3. The summed E-state index contributed by atoms with van der Waals surface area (Å²) in [6.45, 7) is -0.294. The number of carbonyl (C=O) groups is 2. The van der Waals surface area contributed by atoms with E-state index in [0.29, 0.717) is 5.46 Å². The van der Waals surface area contributed by atoms with Crippen LogP contribution < -0.4 is 10.8 Å². The normalized spacial score (nSPS) is 9.00. The van der Waals surface area contributed by atoms with E-state index in [-0.39, 0.29) is 13.1 Å². The summed E-state index contributed by atoms with van der Waals surface area (Å²) in [6.07, 6.45) is 3.02. The molecule has 1 aromatic heterocycles. The number of aromatic nitrogens is 1. The van der Waals surface area contributed by atoms with Gasteiger partial charge in [-0.15, -0.1) is 0 Å². The van der Waals surface area contributed by atoms with Gasteiger partial charge in [0.15, 0.2) is 0 Å². The van der Waals surface area contributed by atoms with Crippen LogP contribution in [0.25, 0.3) is 0 Å². The number of pyridine rings is 1. The molecule has 0 bridgehead atoms. The molecule has 1 aromatic rings. The van der Waals surface area contributed by atoms with Gasteiger partial charge in [0.05, 0.1) is 20.2 Å². The van der Waals surface area contributed by atoms with Crippen molar-refractivity contribution in [1.82, 2.24) is 10.3 Å². The van der Waals surface area contributed by atoms with Crippen molar-refractivity contribution >= 4 is 24.5 Å². The number of rotatable bonds is 5. The van der Waals surface area contributed by atoms with Gasteiger partial charge in [0.25, 0.3) is 0 Å². The van der Waals surface area contributed by atoms with Crippen molar-refractivity contribution in [2.24, 2.45) is 0 Å². The predicted molar refractivity (Wildman–Crippen MR) is 66.6 cm³/mol. The Kier molecular flexibility index (Phi) is 8.97. The summed E-state index contributed by atoms with van der Waals surface area (Å²) in [5, 5.41) is 27.5. The number of methoxy groups -OCH3 is 1. The lowest BCUT2D eigenvalue weighted by molar-refractivity contribution is -0.140. The fourth-order valence-corrected chi connectivity index (χ4v) is 0.879. The lowest BCUT2D eigenvalue weighted by Gasteiger charge is -1.97. The van der Waals surface area contributed by atoms with Crippen LogP contribution in [0.2, 0.25) is 0 Å². The van der Waals surface area contributed by atoms with Gasteiger partial charge in [-0.2, -0.15) is 0 Å². The minimum atomic E-state index is -1.38. The predicted octanol–water partition coefficient (Wildman–Crippen LogP) is -2.40. The van der Waals surface area contributed by atoms with E-state index in [9.17, 15) is 9.59 Å². The second-order valence-electron chi connectivity index (χ2n) is 3.23. The Labute approximate surface area is 110 Å². The van der Waals surface area contributed by atoms with E-state index >= 15 is 0 Å². The highest BCUT2D eigenvalue weighted by atomic mass is 16.5. The minimum absolute atomic E-state index is 0.0667. The van der Waals surface area contributed by atoms with Gasteiger partial charge in [-0.05, 0) is 17.6 Å². The van der Waals surface area contributed by atoms with Crippen LogP contribution >= 0.6 is 0 Å². The summed E-state index contributed by atoms with van der Waals surface area (Å²) >= 11 is 0. The van der Waals surface area contributed by atoms with Gasteiger partial charge in [0.1, 0.15) is 0 Å². The van der Waals surface area contributed by atoms with Gasteiger partial charge in [0.2, 0.25) is 0 Å². The number of hydrogen-bond acceptors (Lipinski definition) is 7. The maximum Gasteiger partial charge on any atom is 0.488 e. The molecule has 8 nitrogen and oxygen atoms in total. The molecule has 0 fully saturated rings. The van der Waals surface area contributed by atoms with E-state index in [1.807, 2.05) is 0 Å². The van der Waals surface area contributed by atoms with Crippen LogP contribution in [0.1, 0.15) is 0 Å². The Morgan fingerprint density at radius 2 is 1.89 bits per heavy atom.